The topological polar surface area (TPSA) is 41.1 Å². The van der Waals surface area contributed by atoms with Gasteiger partial charge in [0.1, 0.15) is 10.6 Å². The van der Waals surface area contributed by atoms with Crippen molar-refractivity contribution >= 4 is 39.0 Å². The fourth-order valence-electron chi connectivity index (χ4n) is 3.24. The normalized spacial score (nSPS) is 19.4. The number of rotatable bonds is 1. The lowest BCUT2D eigenvalue weighted by Gasteiger charge is -2.22. The molecule has 2 aromatic rings. The number of halogens is 1. The molecule has 0 spiro atoms. The molecular formula is C14H17ClN4S. The van der Waals surface area contributed by atoms with Crippen LogP contribution in [-0.2, 0) is 12.8 Å². The van der Waals surface area contributed by atoms with Gasteiger partial charge in [0.15, 0.2) is 0 Å². The van der Waals surface area contributed by atoms with Crippen molar-refractivity contribution in [2.45, 2.75) is 25.7 Å². The quantitative estimate of drug-likeness (QED) is 0.822. The Labute approximate surface area is 127 Å². The van der Waals surface area contributed by atoms with Crippen LogP contribution in [0.4, 0.5) is 5.82 Å². The number of hydrogen-bond donors (Lipinski definition) is 1. The summed E-state index contributed by atoms with van der Waals surface area (Å²) in [5.41, 5.74) is 1.48. The first-order valence-electron chi connectivity index (χ1n) is 7.26. The van der Waals surface area contributed by atoms with Gasteiger partial charge in [-0.25, -0.2) is 4.98 Å². The molecule has 4 rings (SSSR count). The molecule has 1 aliphatic carbocycles. The van der Waals surface area contributed by atoms with Crippen molar-refractivity contribution in [2.24, 2.45) is 0 Å². The number of thiophene rings is 1. The van der Waals surface area contributed by atoms with Crippen LogP contribution < -0.4 is 10.2 Å². The molecule has 0 saturated carbocycles. The largest absolute Gasteiger partial charge is 0.355 e. The smallest absolute Gasteiger partial charge is 0.225 e. The van der Waals surface area contributed by atoms with Crippen molar-refractivity contribution in [3.05, 3.63) is 15.7 Å². The molecular weight excluding hydrogens is 292 g/mol. The highest BCUT2D eigenvalue weighted by Gasteiger charge is 2.24. The minimum absolute atomic E-state index is 0.379. The Morgan fingerprint density at radius 1 is 1.10 bits per heavy atom. The van der Waals surface area contributed by atoms with Crippen LogP contribution in [-0.4, -0.2) is 36.1 Å². The van der Waals surface area contributed by atoms with Gasteiger partial charge >= 0.3 is 0 Å². The Hall–Kier alpha value is -0.910. The highest BCUT2D eigenvalue weighted by molar-refractivity contribution is 7.19. The van der Waals surface area contributed by atoms with Crippen LogP contribution in [0.3, 0.4) is 0 Å². The number of nitrogens with zero attached hydrogens (tertiary/aromatic N) is 3. The van der Waals surface area contributed by atoms with E-state index in [4.69, 9.17) is 11.6 Å². The maximum Gasteiger partial charge on any atom is 0.225 e. The van der Waals surface area contributed by atoms with Crippen molar-refractivity contribution in [3.8, 4) is 0 Å². The Bertz CT molecular complexity index is 646. The summed E-state index contributed by atoms with van der Waals surface area (Å²) in [4.78, 5) is 14.0. The van der Waals surface area contributed by atoms with Gasteiger partial charge in [-0.1, -0.05) is 0 Å². The van der Waals surface area contributed by atoms with Gasteiger partial charge in [0.25, 0.3) is 0 Å². The Balaban J connectivity index is 1.88. The number of aryl methyl sites for hydroxylation is 2. The maximum atomic E-state index is 6.15. The Kier molecular flexibility index (Phi) is 3.28. The van der Waals surface area contributed by atoms with Gasteiger partial charge in [-0.2, -0.15) is 4.98 Å². The number of nitrogens with one attached hydrogen (secondary N) is 1. The van der Waals surface area contributed by atoms with Crippen molar-refractivity contribution < 1.29 is 0 Å². The van der Waals surface area contributed by atoms with Crippen LogP contribution in [0.5, 0.6) is 0 Å². The van der Waals surface area contributed by atoms with E-state index in [9.17, 15) is 0 Å². The summed E-state index contributed by atoms with van der Waals surface area (Å²) >= 11 is 7.95. The third kappa shape index (κ3) is 2.08. The zero-order chi connectivity index (χ0) is 13.5. The highest BCUT2D eigenvalue weighted by Crippen LogP contribution is 2.41. The van der Waals surface area contributed by atoms with Crippen LogP contribution >= 0.6 is 22.9 Å². The number of anilines is 1. The van der Waals surface area contributed by atoms with Crippen LogP contribution in [0.1, 0.15) is 23.3 Å². The van der Waals surface area contributed by atoms with E-state index in [0.717, 1.165) is 43.2 Å². The SMILES string of the molecule is Clc1nc(N2CCCNCC2)c2c3c(sc2n1)CCC3. The van der Waals surface area contributed by atoms with E-state index in [1.165, 1.54) is 35.1 Å². The first-order chi connectivity index (χ1) is 9.83. The number of fused-ring (bicyclic) bond motifs is 3. The molecule has 20 heavy (non-hydrogen) atoms. The Morgan fingerprint density at radius 3 is 3.00 bits per heavy atom. The van der Waals surface area contributed by atoms with Gasteiger partial charge in [0, 0.05) is 24.5 Å². The van der Waals surface area contributed by atoms with Crippen LogP contribution in [0, 0.1) is 0 Å². The molecule has 106 valence electrons. The fraction of sp³-hybridized carbons (Fsp3) is 0.571. The van der Waals surface area contributed by atoms with E-state index in [0.29, 0.717) is 5.28 Å². The van der Waals surface area contributed by atoms with E-state index >= 15 is 0 Å². The number of hydrogen-bond acceptors (Lipinski definition) is 5. The molecule has 0 amide bonds. The summed E-state index contributed by atoms with van der Waals surface area (Å²) < 4.78 is 0. The number of aromatic nitrogens is 2. The third-order valence-electron chi connectivity index (χ3n) is 4.16. The summed E-state index contributed by atoms with van der Waals surface area (Å²) in [6.45, 7) is 4.13. The molecule has 0 atom stereocenters. The van der Waals surface area contributed by atoms with Gasteiger partial charge in [0.2, 0.25) is 5.28 Å². The summed E-state index contributed by atoms with van der Waals surface area (Å²) in [7, 11) is 0. The summed E-state index contributed by atoms with van der Waals surface area (Å²) in [6, 6.07) is 0. The van der Waals surface area contributed by atoms with Crippen LogP contribution in [0.2, 0.25) is 5.28 Å². The van der Waals surface area contributed by atoms with E-state index in [-0.39, 0.29) is 0 Å². The minimum Gasteiger partial charge on any atom is -0.355 e. The molecule has 3 heterocycles. The highest BCUT2D eigenvalue weighted by atomic mass is 35.5. The predicted octanol–water partition coefficient (Wildman–Crippen LogP) is 2.63. The molecule has 2 aliphatic rings. The zero-order valence-corrected chi connectivity index (χ0v) is 12.9. The molecule has 1 aliphatic heterocycles. The lowest BCUT2D eigenvalue weighted by molar-refractivity contribution is 0.724. The van der Waals surface area contributed by atoms with E-state index < -0.39 is 0 Å². The molecule has 1 fully saturated rings. The molecule has 0 bridgehead atoms. The second-order valence-corrected chi connectivity index (χ2v) is 6.87. The summed E-state index contributed by atoms with van der Waals surface area (Å²) in [6.07, 6.45) is 4.77. The molecule has 6 heteroatoms. The first-order valence-corrected chi connectivity index (χ1v) is 8.46. The molecule has 1 saturated heterocycles. The zero-order valence-electron chi connectivity index (χ0n) is 11.3. The van der Waals surface area contributed by atoms with Crippen molar-refractivity contribution in [2.75, 3.05) is 31.1 Å². The predicted molar refractivity (Wildman–Crippen MR) is 84.1 cm³/mol. The van der Waals surface area contributed by atoms with Crippen LogP contribution in [0.25, 0.3) is 10.2 Å². The monoisotopic (exact) mass is 308 g/mol. The van der Waals surface area contributed by atoms with Gasteiger partial charge in [-0.05, 0) is 49.4 Å². The molecule has 2 aromatic heterocycles. The van der Waals surface area contributed by atoms with E-state index in [1.54, 1.807) is 11.3 Å². The molecule has 0 unspecified atom stereocenters. The van der Waals surface area contributed by atoms with Gasteiger partial charge < -0.3 is 10.2 Å². The second-order valence-electron chi connectivity index (χ2n) is 5.44. The summed E-state index contributed by atoms with van der Waals surface area (Å²) in [5.74, 6) is 1.06. The second kappa shape index (κ2) is 5.13. The standard InChI is InChI=1S/C14H17ClN4S/c15-14-17-12(19-7-2-5-16-6-8-19)11-9-3-1-4-10(9)20-13(11)18-14/h16H,1-8H2. The van der Waals surface area contributed by atoms with Crippen molar-refractivity contribution in [3.63, 3.8) is 0 Å². The fourth-order valence-corrected chi connectivity index (χ4v) is 4.71. The van der Waals surface area contributed by atoms with Gasteiger partial charge in [-0.3, -0.25) is 0 Å². The maximum absolute atomic E-state index is 6.15. The summed E-state index contributed by atoms with van der Waals surface area (Å²) in [5, 5.41) is 5.09. The third-order valence-corrected chi connectivity index (χ3v) is 5.51. The lowest BCUT2D eigenvalue weighted by atomic mass is 10.2. The molecule has 0 radical (unpaired) electrons. The van der Waals surface area contributed by atoms with Gasteiger partial charge in [0.05, 0.1) is 5.39 Å². The van der Waals surface area contributed by atoms with Crippen LogP contribution in [0.15, 0.2) is 0 Å². The average Bonchev–Trinajstić information content (AvgIpc) is 2.88. The molecule has 1 N–H and O–H groups in total. The first kappa shape index (κ1) is 12.8. The van der Waals surface area contributed by atoms with Crippen molar-refractivity contribution in [1.82, 2.24) is 15.3 Å². The molecule has 0 aromatic carbocycles. The van der Waals surface area contributed by atoms with E-state index in [2.05, 4.69) is 20.2 Å². The average molecular weight is 309 g/mol. The molecule has 4 nitrogen and oxygen atoms in total. The van der Waals surface area contributed by atoms with Crippen molar-refractivity contribution in [1.29, 1.82) is 0 Å². The van der Waals surface area contributed by atoms with E-state index in [1.807, 2.05) is 0 Å². The van der Waals surface area contributed by atoms with Gasteiger partial charge in [-0.15, -0.1) is 11.3 Å². The minimum atomic E-state index is 0.379. The lowest BCUT2D eigenvalue weighted by Crippen LogP contribution is -2.29. The Morgan fingerprint density at radius 2 is 2.05 bits per heavy atom.